The van der Waals surface area contributed by atoms with Crippen LogP contribution in [0.3, 0.4) is 0 Å². The van der Waals surface area contributed by atoms with Crippen LogP contribution in [0.5, 0.6) is 0 Å². The van der Waals surface area contributed by atoms with E-state index in [1.165, 1.54) is 18.9 Å². The maximum Gasteiger partial charge on any atom is 0.257 e. The lowest BCUT2D eigenvalue weighted by molar-refractivity contribution is -0.137. The van der Waals surface area contributed by atoms with Gasteiger partial charge in [0.05, 0.1) is 11.8 Å². The van der Waals surface area contributed by atoms with Gasteiger partial charge in [0.25, 0.3) is 5.91 Å². The molecule has 2 amide bonds. The highest BCUT2D eigenvalue weighted by atomic mass is 16.3. The third-order valence-corrected chi connectivity index (χ3v) is 4.57. The van der Waals surface area contributed by atoms with E-state index in [1.807, 2.05) is 9.80 Å². The Kier molecular flexibility index (Phi) is 4.27. The summed E-state index contributed by atoms with van der Waals surface area (Å²) in [6, 6.07) is 1.69. The van der Waals surface area contributed by atoms with Crippen molar-refractivity contribution in [2.45, 2.75) is 32.1 Å². The van der Waals surface area contributed by atoms with E-state index in [1.54, 1.807) is 6.07 Å². The first-order valence-corrected chi connectivity index (χ1v) is 7.86. The molecule has 1 aromatic heterocycles. The first-order chi connectivity index (χ1) is 10.3. The van der Waals surface area contributed by atoms with Crippen molar-refractivity contribution >= 4 is 11.8 Å². The standard InChI is InChI=1S/C16H22N2O3/c19-15(17-7-2-1-3-8-17)13-4-9-18(10-5-13)16(20)14-6-11-21-12-14/h6,11-13H,1-5,7-10H2. The van der Waals surface area contributed by atoms with Crippen molar-refractivity contribution in [3.8, 4) is 0 Å². The molecule has 0 unspecified atom stereocenters. The van der Waals surface area contributed by atoms with Gasteiger partial charge in [-0.3, -0.25) is 9.59 Å². The van der Waals surface area contributed by atoms with Crippen LogP contribution >= 0.6 is 0 Å². The second-order valence-corrected chi connectivity index (χ2v) is 5.96. The normalized spacial score (nSPS) is 20.6. The van der Waals surface area contributed by atoms with Gasteiger partial charge in [0, 0.05) is 32.1 Å². The van der Waals surface area contributed by atoms with Gasteiger partial charge in [0.15, 0.2) is 0 Å². The van der Waals surface area contributed by atoms with Gasteiger partial charge in [-0.2, -0.15) is 0 Å². The first-order valence-electron chi connectivity index (χ1n) is 7.86. The molecule has 0 radical (unpaired) electrons. The molecule has 0 bridgehead atoms. The van der Waals surface area contributed by atoms with Gasteiger partial charge in [-0.05, 0) is 38.2 Å². The largest absolute Gasteiger partial charge is 0.472 e. The van der Waals surface area contributed by atoms with Crippen LogP contribution in [-0.4, -0.2) is 47.8 Å². The van der Waals surface area contributed by atoms with Crippen LogP contribution in [0, 0.1) is 5.92 Å². The average molecular weight is 290 g/mol. The van der Waals surface area contributed by atoms with Crippen LogP contribution in [0.25, 0.3) is 0 Å². The molecular weight excluding hydrogens is 268 g/mol. The zero-order chi connectivity index (χ0) is 14.7. The highest BCUT2D eigenvalue weighted by molar-refractivity contribution is 5.94. The van der Waals surface area contributed by atoms with Gasteiger partial charge in [-0.1, -0.05) is 0 Å². The SMILES string of the molecule is O=C(c1ccoc1)N1CCC(C(=O)N2CCCCC2)CC1. The molecule has 0 aliphatic carbocycles. The fraction of sp³-hybridized carbons (Fsp3) is 0.625. The number of piperidine rings is 2. The van der Waals surface area contributed by atoms with Crippen LogP contribution in [-0.2, 0) is 4.79 Å². The summed E-state index contributed by atoms with van der Waals surface area (Å²) < 4.78 is 4.96. The molecule has 5 nitrogen and oxygen atoms in total. The highest BCUT2D eigenvalue weighted by Crippen LogP contribution is 2.23. The van der Waals surface area contributed by atoms with Crippen molar-refractivity contribution in [3.05, 3.63) is 24.2 Å². The maximum absolute atomic E-state index is 12.5. The van der Waals surface area contributed by atoms with Crippen LogP contribution < -0.4 is 0 Å². The Bertz CT molecular complexity index is 484. The Morgan fingerprint density at radius 3 is 2.33 bits per heavy atom. The molecule has 0 spiro atoms. The van der Waals surface area contributed by atoms with E-state index in [0.29, 0.717) is 24.6 Å². The molecule has 0 N–H and O–H groups in total. The molecule has 2 saturated heterocycles. The van der Waals surface area contributed by atoms with E-state index in [9.17, 15) is 9.59 Å². The maximum atomic E-state index is 12.5. The quantitative estimate of drug-likeness (QED) is 0.838. The Morgan fingerprint density at radius 1 is 1.00 bits per heavy atom. The van der Waals surface area contributed by atoms with Crippen molar-refractivity contribution < 1.29 is 14.0 Å². The smallest absolute Gasteiger partial charge is 0.257 e. The van der Waals surface area contributed by atoms with Gasteiger partial charge in [-0.15, -0.1) is 0 Å². The van der Waals surface area contributed by atoms with Gasteiger partial charge >= 0.3 is 0 Å². The lowest BCUT2D eigenvalue weighted by Crippen LogP contribution is -2.45. The minimum atomic E-state index is 0.00706. The number of rotatable bonds is 2. The van der Waals surface area contributed by atoms with Gasteiger partial charge in [-0.25, -0.2) is 0 Å². The van der Waals surface area contributed by atoms with Crippen molar-refractivity contribution in [1.29, 1.82) is 0 Å². The zero-order valence-corrected chi connectivity index (χ0v) is 12.3. The Labute approximate surface area is 124 Å². The number of hydrogen-bond acceptors (Lipinski definition) is 3. The minimum Gasteiger partial charge on any atom is -0.472 e. The zero-order valence-electron chi connectivity index (χ0n) is 12.3. The molecule has 2 aliphatic rings. The molecule has 5 heteroatoms. The molecule has 2 aliphatic heterocycles. The van der Waals surface area contributed by atoms with Crippen LogP contribution in [0.2, 0.25) is 0 Å². The minimum absolute atomic E-state index is 0.00706. The van der Waals surface area contributed by atoms with Gasteiger partial charge in [0.2, 0.25) is 5.91 Å². The number of nitrogens with zero attached hydrogens (tertiary/aromatic N) is 2. The number of amides is 2. The lowest BCUT2D eigenvalue weighted by Gasteiger charge is -2.35. The van der Waals surface area contributed by atoms with Crippen molar-refractivity contribution in [2.75, 3.05) is 26.2 Å². The number of likely N-dealkylation sites (tertiary alicyclic amines) is 2. The summed E-state index contributed by atoms with van der Waals surface area (Å²) in [4.78, 5) is 28.5. The molecular formula is C16H22N2O3. The monoisotopic (exact) mass is 290 g/mol. The second kappa shape index (κ2) is 6.33. The fourth-order valence-electron chi connectivity index (χ4n) is 3.27. The summed E-state index contributed by atoms with van der Waals surface area (Å²) in [6.45, 7) is 3.14. The number of carbonyl (C=O) groups is 2. The summed E-state index contributed by atoms with van der Waals surface area (Å²) in [5.74, 6) is 0.397. The van der Waals surface area contributed by atoms with Crippen LogP contribution in [0.4, 0.5) is 0 Å². The Hall–Kier alpha value is -1.78. The summed E-state index contributed by atoms with van der Waals surface area (Å²) in [5, 5.41) is 0. The first kappa shape index (κ1) is 14.2. The third kappa shape index (κ3) is 3.12. The van der Waals surface area contributed by atoms with E-state index in [2.05, 4.69) is 0 Å². The second-order valence-electron chi connectivity index (χ2n) is 5.96. The molecule has 114 valence electrons. The Balaban J connectivity index is 1.52. The summed E-state index contributed by atoms with van der Waals surface area (Å²) in [7, 11) is 0. The molecule has 1 aromatic rings. The van der Waals surface area contributed by atoms with Crippen molar-refractivity contribution in [3.63, 3.8) is 0 Å². The van der Waals surface area contributed by atoms with Crippen molar-refractivity contribution in [2.24, 2.45) is 5.92 Å². The van der Waals surface area contributed by atoms with Crippen molar-refractivity contribution in [1.82, 2.24) is 9.80 Å². The van der Waals surface area contributed by atoms with E-state index in [-0.39, 0.29) is 11.8 Å². The summed E-state index contributed by atoms with van der Waals surface area (Å²) in [5.41, 5.74) is 0.593. The topological polar surface area (TPSA) is 53.8 Å². The molecule has 21 heavy (non-hydrogen) atoms. The van der Waals surface area contributed by atoms with E-state index < -0.39 is 0 Å². The van der Waals surface area contributed by atoms with Gasteiger partial charge < -0.3 is 14.2 Å². The van der Waals surface area contributed by atoms with E-state index >= 15 is 0 Å². The number of hydrogen-bond donors (Lipinski definition) is 0. The van der Waals surface area contributed by atoms with Crippen LogP contribution in [0.1, 0.15) is 42.5 Å². The molecule has 0 aromatic carbocycles. The predicted octanol–water partition coefficient (Wildman–Crippen LogP) is 2.14. The summed E-state index contributed by atoms with van der Waals surface area (Å²) >= 11 is 0. The molecule has 0 saturated carbocycles. The van der Waals surface area contributed by atoms with Crippen LogP contribution in [0.15, 0.2) is 23.0 Å². The molecule has 3 rings (SSSR count). The van der Waals surface area contributed by atoms with E-state index in [0.717, 1.165) is 38.8 Å². The molecule has 3 heterocycles. The van der Waals surface area contributed by atoms with Gasteiger partial charge in [0.1, 0.15) is 6.26 Å². The highest BCUT2D eigenvalue weighted by Gasteiger charge is 2.31. The number of furan rings is 1. The summed E-state index contributed by atoms with van der Waals surface area (Å²) in [6.07, 6.45) is 8.04. The molecule has 2 fully saturated rings. The number of carbonyl (C=O) groups excluding carboxylic acids is 2. The van der Waals surface area contributed by atoms with E-state index in [4.69, 9.17) is 4.42 Å². The fourth-order valence-corrected chi connectivity index (χ4v) is 3.27. The Morgan fingerprint density at radius 2 is 1.71 bits per heavy atom. The predicted molar refractivity (Wildman–Crippen MR) is 77.8 cm³/mol. The third-order valence-electron chi connectivity index (χ3n) is 4.57. The lowest BCUT2D eigenvalue weighted by atomic mass is 9.94. The molecule has 0 atom stereocenters. The average Bonchev–Trinajstić information content (AvgIpc) is 3.09.